The third-order valence-corrected chi connectivity index (χ3v) is 4.11. The van der Waals surface area contributed by atoms with E-state index in [9.17, 15) is 0 Å². The fourth-order valence-corrected chi connectivity index (χ4v) is 2.52. The van der Waals surface area contributed by atoms with Crippen LogP contribution in [0.5, 0.6) is 0 Å². The monoisotopic (exact) mass is 188 g/mol. The highest BCUT2D eigenvalue weighted by Crippen LogP contribution is 2.58. The fourth-order valence-electron chi connectivity index (χ4n) is 2.13. The lowest BCUT2D eigenvalue weighted by Gasteiger charge is -2.41. The first kappa shape index (κ1) is 8.83. The first-order chi connectivity index (χ1) is 5.56. The summed E-state index contributed by atoms with van der Waals surface area (Å²) >= 11 is 6.15. The zero-order valence-electron chi connectivity index (χ0n) is 7.90. The van der Waals surface area contributed by atoms with E-state index in [-0.39, 0.29) is 5.60 Å². The van der Waals surface area contributed by atoms with Gasteiger partial charge in [-0.3, -0.25) is 0 Å². The van der Waals surface area contributed by atoms with Gasteiger partial charge in [-0.1, -0.05) is 6.92 Å². The zero-order valence-corrected chi connectivity index (χ0v) is 8.66. The average Bonchev–Trinajstić information content (AvgIpc) is 2.69. The molecule has 1 nitrogen and oxygen atoms in total. The van der Waals surface area contributed by atoms with Gasteiger partial charge in [0.1, 0.15) is 0 Å². The van der Waals surface area contributed by atoms with Gasteiger partial charge in [0.05, 0.1) is 5.60 Å². The molecule has 0 aromatic carbocycles. The van der Waals surface area contributed by atoms with Crippen LogP contribution >= 0.6 is 11.6 Å². The largest absolute Gasteiger partial charge is 0.375 e. The lowest BCUT2D eigenvalue weighted by Crippen LogP contribution is -2.44. The van der Waals surface area contributed by atoms with Crippen LogP contribution in [-0.4, -0.2) is 17.6 Å². The summed E-state index contributed by atoms with van der Waals surface area (Å²) < 4.78 is 5.88. The van der Waals surface area contributed by atoms with Crippen LogP contribution in [0, 0.1) is 5.41 Å². The van der Waals surface area contributed by atoms with Gasteiger partial charge in [-0.05, 0) is 38.0 Å². The van der Waals surface area contributed by atoms with Crippen LogP contribution in [0.15, 0.2) is 0 Å². The normalized spacial score (nSPS) is 45.8. The number of halogens is 1. The highest BCUT2D eigenvalue weighted by Gasteiger charge is 2.55. The van der Waals surface area contributed by atoms with Crippen LogP contribution in [0.3, 0.4) is 0 Å². The van der Waals surface area contributed by atoms with Crippen LogP contribution in [0.4, 0.5) is 0 Å². The van der Waals surface area contributed by atoms with Crippen LogP contribution in [0.2, 0.25) is 0 Å². The Morgan fingerprint density at radius 3 is 2.50 bits per heavy atom. The summed E-state index contributed by atoms with van der Waals surface area (Å²) in [5.74, 6) is 0. The number of alkyl halides is 1. The van der Waals surface area contributed by atoms with Crippen molar-refractivity contribution in [2.24, 2.45) is 5.41 Å². The molecule has 0 radical (unpaired) electrons. The predicted molar refractivity (Wildman–Crippen MR) is 50.6 cm³/mol. The van der Waals surface area contributed by atoms with Gasteiger partial charge in [-0.2, -0.15) is 0 Å². The van der Waals surface area contributed by atoms with Crippen LogP contribution in [-0.2, 0) is 4.74 Å². The summed E-state index contributed by atoms with van der Waals surface area (Å²) in [6, 6.07) is 0. The first-order valence-electron chi connectivity index (χ1n) is 4.84. The van der Waals surface area contributed by atoms with Gasteiger partial charge in [-0.15, -0.1) is 11.6 Å². The zero-order chi connectivity index (χ0) is 8.82. The third kappa shape index (κ3) is 1.27. The van der Waals surface area contributed by atoms with E-state index in [0.717, 1.165) is 19.4 Å². The van der Waals surface area contributed by atoms with Gasteiger partial charge < -0.3 is 4.74 Å². The molecule has 2 heteroatoms. The second-order valence-corrected chi connectivity index (χ2v) is 5.35. The second-order valence-electron chi connectivity index (χ2n) is 4.73. The fraction of sp³-hybridized carbons (Fsp3) is 1.00. The molecule has 1 heterocycles. The minimum Gasteiger partial charge on any atom is -0.375 e. The molecule has 2 rings (SSSR count). The van der Waals surface area contributed by atoms with Crippen LogP contribution < -0.4 is 0 Å². The summed E-state index contributed by atoms with van der Waals surface area (Å²) in [7, 11) is 0. The van der Waals surface area contributed by atoms with E-state index in [0.29, 0.717) is 10.8 Å². The van der Waals surface area contributed by atoms with E-state index < -0.39 is 0 Å². The Labute approximate surface area is 79.4 Å². The van der Waals surface area contributed by atoms with Gasteiger partial charge >= 0.3 is 0 Å². The molecule has 0 N–H and O–H groups in total. The van der Waals surface area contributed by atoms with Crippen molar-refractivity contribution < 1.29 is 4.74 Å². The smallest absolute Gasteiger partial charge is 0.0721 e. The topological polar surface area (TPSA) is 9.23 Å². The van der Waals surface area contributed by atoms with Crippen molar-refractivity contribution in [2.75, 3.05) is 6.61 Å². The molecular formula is C10H17ClO. The van der Waals surface area contributed by atoms with Gasteiger partial charge in [0.2, 0.25) is 0 Å². The lowest BCUT2D eigenvalue weighted by molar-refractivity contribution is -0.107. The van der Waals surface area contributed by atoms with E-state index in [1.54, 1.807) is 0 Å². The minimum atomic E-state index is 0.0671. The molecule has 12 heavy (non-hydrogen) atoms. The Hall–Kier alpha value is 0.250. The highest BCUT2D eigenvalue weighted by molar-refractivity contribution is 6.20. The summed E-state index contributed by atoms with van der Waals surface area (Å²) in [5, 5.41) is 0.334. The Bertz CT molecular complexity index is 188. The van der Waals surface area contributed by atoms with Crippen molar-refractivity contribution in [2.45, 2.75) is 50.5 Å². The molecule has 70 valence electrons. The molecule has 2 unspecified atom stereocenters. The molecule has 0 aromatic heterocycles. The van der Waals surface area contributed by atoms with Gasteiger partial charge in [0.15, 0.2) is 0 Å². The van der Waals surface area contributed by atoms with Crippen molar-refractivity contribution in [3.8, 4) is 0 Å². The molecular weight excluding hydrogens is 172 g/mol. The van der Waals surface area contributed by atoms with Crippen molar-refractivity contribution in [1.82, 2.24) is 0 Å². The Morgan fingerprint density at radius 2 is 2.00 bits per heavy atom. The van der Waals surface area contributed by atoms with E-state index in [4.69, 9.17) is 16.3 Å². The van der Waals surface area contributed by atoms with E-state index >= 15 is 0 Å². The van der Waals surface area contributed by atoms with E-state index in [2.05, 4.69) is 13.8 Å². The molecule has 1 aliphatic heterocycles. The molecule has 0 aromatic rings. The lowest BCUT2D eigenvalue weighted by atomic mass is 9.81. The Morgan fingerprint density at radius 1 is 1.33 bits per heavy atom. The molecule has 2 fully saturated rings. The van der Waals surface area contributed by atoms with Crippen molar-refractivity contribution in [3.63, 3.8) is 0 Å². The maximum absolute atomic E-state index is 6.15. The molecule has 1 saturated carbocycles. The second kappa shape index (κ2) is 2.62. The molecule has 0 bridgehead atoms. The van der Waals surface area contributed by atoms with E-state index in [1.165, 1.54) is 12.8 Å². The molecule has 2 atom stereocenters. The predicted octanol–water partition coefficient (Wildman–Crippen LogP) is 2.96. The van der Waals surface area contributed by atoms with Gasteiger partial charge in [-0.25, -0.2) is 0 Å². The maximum atomic E-state index is 6.15. The summed E-state index contributed by atoms with van der Waals surface area (Å²) in [5.41, 5.74) is 0.498. The van der Waals surface area contributed by atoms with Crippen molar-refractivity contribution >= 4 is 11.6 Å². The quantitative estimate of drug-likeness (QED) is 0.575. The van der Waals surface area contributed by atoms with E-state index in [1.807, 2.05) is 0 Å². The maximum Gasteiger partial charge on any atom is 0.0721 e. The van der Waals surface area contributed by atoms with Gasteiger partial charge in [0, 0.05) is 12.0 Å². The molecule has 1 aliphatic carbocycles. The molecule has 1 saturated heterocycles. The number of hydrogen-bond acceptors (Lipinski definition) is 1. The highest BCUT2D eigenvalue weighted by atomic mass is 35.5. The average molecular weight is 189 g/mol. The first-order valence-corrected chi connectivity index (χ1v) is 5.27. The molecule has 0 amide bonds. The number of hydrogen-bond donors (Lipinski definition) is 0. The SMILES string of the molecule is CC1(C2(C)CC(Cl)CCO2)CC1. The van der Waals surface area contributed by atoms with Gasteiger partial charge in [0.25, 0.3) is 0 Å². The summed E-state index contributed by atoms with van der Waals surface area (Å²) in [6.45, 7) is 5.40. The van der Waals surface area contributed by atoms with Crippen LogP contribution in [0.25, 0.3) is 0 Å². The van der Waals surface area contributed by atoms with Crippen molar-refractivity contribution in [3.05, 3.63) is 0 Å². The molecule has 2 aliphatic rings. The standard InChI is InChI=1S/C10H17ClO/c1-9(4-5-9)10(2)7-8(11)3-6-12-10/h8H,3-7H2,1-2H3. The Kier molecular flexibility index (Phi) is 1.93. The summed E-state index contributed by atoms with van der Waals surface area (Å²) in [6.07, 6.45) is 4.68. The summed E-state index contributed by atoms with van der Waals surface area (Å²) in [4.78, 5) is 0. The minimum absolute atomic E-state index is 0.0671. The third-order valence-electron chi connectivity index (χ3n) is 3.74. The number of rotatable bonds is 1. The van der Waals surface area contributed by atoms with Crippen LogP contribution in [0.1, 0.15) is 39.5 Å². The molecule has 0 spiro atoms. The Balaban J connectivity index is 2.08. The van der Waals surface area contributed by atoms with Crippen molar-refractivity contribution in [1.29, 1.82) is 0 Å². The number of ether oxygens (including phenoxy) is 1.